The lowest BCUT2D eigenvalue weighted by atomic mass is 10.1. The van der Waals surface area contributed by atoms with Crippen LogP contribution in [0.4, 0.5) is 5.69 Å². The van der Waals surface area contributed by atoms with Gasteiger partial charge in [-0.1, -0.05) is 42.5 Å². The van der Waals surface area contributed by atoms with E-state index in [-0.39, 0.29) is 5.56 Å². The molecule has 0 spiro atoms. The fourth-order valence-corrected chi connectivity index (χ4v) is 3.82. The third kappa shape index (κ3) is 2.87. The van der Waals surface area contributed by atoms with Crippen molar-refractivity contribution in [2.45, 2.75) is 19.6 Å². The molecule has 5 nitrogen and oxygen atoms in total. The Bertz CT molecular complexity index is 1410. The first-order valence-electron chi connectivity index (χ1n) is 9.59. The number of nitrogens with zero attached hydrogens (tertiary/aromatic N) is 1. The molecule has 2 aromatic heterocycles. The highest BCUT2D eigenvalue weighted by molar-refractivity contribution is 5.92. The van der Waals surface area contributed by atoms with E-state index in [1.807, 2.05) is 72.8 Å². The summed E-state index contributed by atoms with van der Waals surface area (Å²) in [4.78, 5) is 13.2. The van der Waals surface area contributed by atoms with Crippen molar-refractivity contribution in [3.8, 4) is 0 Å². The van der Waals surface area contributed by atoms with Crippen LogP contribution in [0.1, 0.15) is 24.2 Å². The maximum absolute atomic E-state index is 13.2. The fourth-order valence-electron chi connectivity index (χ4n) is 3.82. The van der Waals surface area contributed by atoms with Gasteiger partial charge in [0.2, 0.25) is 5.71 Å². The highest BCUT2D eigenvalue weighted by Crippen LogP contribution is 2.27. The van der Waals surface area contributed by atoms with E-state index in [0.717, 1.165) is 27.7 Å². The zero-order valence-corrected chi connectivity index (χ0v) is 15.9. The maximum atomic E-state index is 13.2. The summed E-state index contributed by atoms with van der Waals surface area (Å²) < 4.78 is 7.76. The average Bonchev–Trinajstić information content (AvgIpc) is 3.13. The largest absolute Gasteiger partial charge is 0.438 e. The lowest BCUT2D eigenvalue weighted by molar-refractivity contribution is 0.199. The number of hydrogen-bond donors (Lipinski definition) is 2. The predicted octanol–water partition coefficient (Wildman–Crippen LogP) is 4.86. The van der Waals surface area contributed by atoms with Crippen LogP contribution in [0.5, 0.6) is 0 Å². The number of hydrogen-bond acceptors (Lipinski definition) is 4. The third-order valence-electron chi connectivity index (χ3n) is 5.30. The third-order valence-corrected chi connectivity index (χ3v) is 5.30. The summed E-state index contributed by atoms with van der Waals surface area (Å²) in [5.74, 6) is 0. The van der Waals surface area contributed by atoms with Crippen molar-refractivity contribution in [1.82, 2.24) is 4.40 Å². The van der Waals surface area contributed by atoms with Crippen molar-refractivity contribution < 1.29 is 9.52 Å². The number of fused-ring (bicyclic) bond motifs is 4. The van der Waals surface area contributed by atoms with E-state index in [2.05, 4.69) is 5.32 Å². The number of anilines is 1. The molecular weight excluding hydrogens is 364 g/mol. The molecule has 0 bridgehead atoms. The van der Waals surface area contributed by atoms with Gasteiger partial charge in [-0.3, -0.25) is 4.79 Å². The summed E-state index contributed by atoms with van der Waals surface area (Å²) >= 11 is 0. The van der Waals surface area contributed by atoms with E-state index in [4.69, 9.17) is 4.42 Å². The van der Waals surface area contributed by atoms with E-state index < -0.39 is 6.10 Å². The molecule has 5 heteroatoms. The fraction of sp³-hybridized carbons (Fsp3) is 0.125. The molecule has 0 saturated carbocycles. The number of aliphatic hydroxyl groups excluding tert-OH is 1. The van der Waals surface area contributed by atoms with Crippen LogP contribution in [0.15, 0.2) is 82.0 Å². The van der Waals surface area contributed by atoms with Crippen molar-refractivity contribution >= 4 is 33.3 Å². The second-order valence-electron chi connectivity index (χ2n) is 7.19. The monoisotopic (exact) mass is 384 g/mol. The molecule has 0 amide bonds. The summed E-state index contributed by atoms with van der Waals surface area (Å²) in [6.07, 6.45) is -0.532. The molecule has 0 saturated heterocycles. The summed E-state index contributed by atoms with van der Waals surface area (Å²) in [5.41, 5.74) is 4.56. The minimum atomic E-state index is -0.532. The van der Waals surface area contributed by atoms with Crippen molar-refractivity contribution in [1.29, 1.82) is 0 Å². The number of aromatic nitrogens is 1. The van der Waals surface area contributed by atoms with Crippen molar-refractivity contribution in [2.75, 3.05) is 5.32 Å². The Morgan fingerprint density at radius 1 is 1.00 bits per heavy atom. The van der Waals surface area contributed by atoms with Crippen LogP contribution in [0, 0.1) is 0 Å². The van der Waals surface area contributed by atoms with Gasteiger partial charge in [-0.15, -0.1) is 0 Å². The Hall–Kier alpha value is -3.57. The van der Waals surface area contributed by atoms with Gasteiger partial charge in [0.1, 0.15) is 0 Å². The van der Waals surface area contributed by atoms with Crippen LogP contribution in [0.3, 0.4) is 0 Å². The molecule has 2 heterocycles. The maximum Gasteiger partial charge on any atom is 0.265 e. The standard InChI is InChI=1S/C24H20N2O3/c1-15(27)16-7-6-8-17(13-16)25-14-20-18-9-2-3-10-19(18)23(28)26-21-11-4-5-12-22(21)29-24(20)26/h2-13,15,25,27H,14H2,1H3. The molecule has 3 aromatic carbocycles. The van der Waals surface area contributed by atoms with Crippen molar-refractivity contribution in [2.24, 2.45) is 0 Å². The Labute approximate surface area is 166 Å². The molecule has 5 aromatic rings. The normalized spacial score (nSPS) is 12.6. The first-order valence-corrected chi connectivity index (χ1v) is 9.59. The summed E-state index contributed by atoms with van der Waals surface area (Å²) in [7, 11) is 0. The van der Waals surface area contributed by atoms with Crippen molar-refractivity contribution in [3.63, 3.8) is 0 Å². The summed E-state index contributed by atoms with van der Waals surface area (Å²) in [6.45, 7) is 2.22. The van der Waals surface area contributed by atoms with Crippen LogP contribution in [-0.2, 0) is 6.54 Å². The van der Waals surface area contributed by atoms with Gasteiger partial charge in [-0.25, -0.2) is 4.40 Å². The predicted molar refractivity (Wildman–Crippen MR) is 115 cm³/mol. The van der Waals surface area contributed by atoms with E-state index >= 15 is 0 Å². The van der Waals surface area contributed by atoms with Gasteiger partial charge < -0.3 is 14.8 Å². The van der Waals surface area contributed by atoms with Crippen LogP contribution < -0.4 is 10.9 Å². The molecule has 0 aliphatic carbocycles. The Morgan fingerprint density at radius 3 is 2.59 bits per heavy atom. The molecule has 2 N–H and O–H groups in total. The first kappa shape index (κ1) is 17.5. The number of benzene rings is 3. The Morgan fingerprint density at radius 2 is 1.76 bits per heavy atom. The van der Waals surface area contributed by atoms with E-state index in [0.29, 0.717) is 23.2 Å². The van der Waals surface area contributed by atoms with Gasteiger partial charge in [-0.2, -0.15) is 0 Å². The number of aliphatic hydroxyl groups is 1. The van der Waals surface area contributed by atoms with Crippen LogP contribution in [0.2, 0.25) is 0 Å². The van der Waals surface area contributed by atoms with E-state index in [1.165, 1.54) is 0 Å². The number of pyridine rings is 1. The number of rotatable bonds is 4. The lowest BCUT2D eigenvalue weighted by Crippen LogP contribution is -2.15. The van der Waals surface area contributed by atoms with E-state index in [9.17, 15) is 9.90 Å². The summed E-state index contributed by atoms with van der Waals surface area (Å²) in [6, 6.07) is 22.9. The van der Waals surface area contributed by atoms with Crippen LogP contribution >= 0.6 is 0 Å². The number of oxazole rings is 1. The molecule has 1 atom stereocenters. The Balaban J connectivity index is 1.70. The molecule has 5 rings (SSSR count). The van der Waals surface area contributed by atoms with E-state index in [1.54, 1.807) is 11.3 Å². The molecular formula is C24H20N2O3. The molecule has 1 unspecified atom stereocenters. The summed E-state index contributed by atoms with van der Waals surface area (Å²) in [5, 5.41) is 14.8. The molecule has 144 valence electrons. The highest BCUT2D eigenvalue weighted by atomic mass is 16.3. The lowest BCUT2D eigenvalue weighted by Gasteiger charge is -2.12. The quantitative estimate of drug-likeness (QED) is 0.464. The molecule has 29 heavy (non-hydrogen) atoms. The van der Waals surface area contributed by atoms with Crippen LogP contribution in [0.25, 0.3) is 27.6 Å². The SMILES string of the molecule is CC(O)c1cccc(NCc2c3ccccc3c(=O)n3c2oc2ccccc23)c1. The Kier molecular flexibility index (Phi) is 4.11. The zero-order valence-electron chi connectivity index (χ0n) is 15.9. The van der Waals surface area contributed by atoms with Gasteiger partial charge in [0.25, 0.3) is 5.56 Å². The molecule has 0 aliphatic rings. The average molecular weight is 384 g/mol. The molecule has 0 fully saturated rings. The van der Waals surface area contributed by atoms with Gasteiger partial charge in [0, 0.05) is 23.2 Å². The topological polar surface area (TPSA) is 66.9 Å². The second-order valence-corrected chi connectivity index (χ2v) is 7.19. The van der Waals surface area contributed by atoms with Gasteiger partial charge >= 0.3 is 0 Å². The highest BCUT2D eigenvalue weighted by Gasteiger charge is 2.17. The van der Waals surface area contributed by atoms with Crippen LogP contribution in [-0.4, -0.2) is 9.51 Å². The van der Waals surface area contributed by atoms with Gasteiger partial charge in [0.15, 0.2) is 5.58 Å². The minimum absolute atomic E-state index is 0.0830. The first-order chi connectivity index (χ1) is 14.1. The van der Waals surface area contributed by atoms with Gasteiger partial charge in [0.05, 0.1) is 11.6 Å². The minimum Gasteiger partial charge on any atom is -0.438 e. The molecule has 0 radical (unpaired) electrons. The molecule has 0 aliphatic heterocycles. The van der Waals surface area contributed by atoms with Crippen molar-refractivity contribution in [3.05, 3.63) is 94.3 Å². The zero-order chi connectivity index (χ0) is 20.0. The number of nitrogens with one attached hydrogen (secondary N) is 1. The number of para-hydroxylation sites is 2. The smallest absolute Gasteiger partial charge is 0.265 e. The second kappa shape index (κ2) is 6.79. The van der Waals surface area contributed by atoms with Gasteiger partial charge in [-0.05, 0) is 48.2 Å².